The van der Waals surface area contributed by atoms with Gasteiger partial charge in [0.1, 0.15) is 0 Å². The number of hydrogen-bond donors (Lipinski definition) is 2. The predicted molar refractivity (Wildman–Crippen MR) is 102 cm³/mol. The number of hydrogen-bond acceptors (Lipinski definition) is 5. The Labute approximate surface area is 157 Å². The van der Waals surface area contributed by atoms with E-state index in [0.717, 1.165) is 16.3 Å². The summed E-state index contributed by atoms with van der Waals surface area (Å²) in [7, 11) is -3.80. The zero-order chi connectivity index (χ0) is 18.6. The minimum atomic E-state index is -3.80. The largest absolute Gasteiger partial charge is 0.386 e. The van der Waals surface area contributed by atoms with Gasteiger partial charge < -0.3 is 5.11 Å². The molecule has 2 atom stereocenters. The molecule has 3 rings (SSSR count). The monoisotopic (exact) mass is 388 g/mol. The van der Waals surface area contributed by atoms with Gasteiger partial charge in [0.2, 0.25) is 0 Å². The van der Waals surface area contributed by atoms with E-state index < -0.39 is 22.2 Å². The minimum absolute atomic E-state index is 0.149. The Morgan fingerprint density at radius 2 is 1.62 bits per heavy atom. The van der Waals surface area contributed by atoms with Crippen molar-refractivity contribution in [1.29, 1.82) is 0 Å². The van der Waals surface area contributed by atoms with Crippen LogP contribution in [0.5, 0.6) is 0 Å². The molecule has 0 saturated heterocycles. The van der Waals surface area contributed by atoms with E-state index in [1.54, 1.807) is 24.3 Å². The number of rotatable bonds is 7. The van der Waals surface area contributed by atoms with Gasteiger partial charge in [0.15, 0.2) is 4.21 Å². The van der Waals surface area contributed by atoms with E-state index in [0.29, 0.717) is 17.5 Å². The molecule has 2 aromatic carbocycles. The minimum Gasteiger partial charge on any atom is -0.386 e. The van der Waals surface area contributed by atoms with E-state index in [1.807, 2.05) is 43.3 Å². The maximum Gasteiger partial charge on any atom is 0.252 e. The molecule has 2 N–H and O–H groups in total. The first-order valence-corrected chi connectivity index (χ1v) is 10.6. The van der Waals surface area contributed by atoms with Gasteiger partial charge in [0.05, 0.1) is 23.4 Å². The summed E-state index contributed by atoms with van der Waals surface area (Å²) in [5.74, 6) is 0. The third-order valence-electron chi connectivity index (χ3n) is 4.00. The summed E-state index contributed by atoms with van der Waals surface area (Å²) in [6.07, 6.45) is 1.02. The molecule has 0 unspecified atom stereocenters. The zero-order valence-electron chi connectivity index (χ0n) is 14.2. The molecule has 0 saturated carbocycles. The highest BCUT2D eigenvalue weighted by Gasteiger charge is 2.29. The van der Waals surface area contributed by atoms with Crippen molar-refractivity contribution in [2.75, 3.05) is 0 Å². The van der Waals surface area contributed by atoms with Crippen molar-refractivity contribution < 1.29 is 13.5 Å². The summed E-state index contributed by atoms with van der Waals surface area (Å²) in [4.78, 5) is 4.12. The standard InChI is InChI=1S/C19H20N2O3S2/c1-2-16-20-13-17(25-16)26(23,24)21-18(14-9-5-3-6-10-14)19(22)15-11-7-4-8-12-15/h3-13,18-19,21-22H,2H2,1H3/t18-,19+/m0/s1. The fourth-order valence-corrected chi connectivity index (χ4v) is 4.99. The molecule has 1 aromatic heterocycles. The van der Waals surface area contributed by atoms with Gasteiger partial charge in [-0.3, -0.25) is 0 Å². The number of aliphatic hydroxyl groups excluding tert-OH is 1. The van der Waals surface area contributed by atoms with Gasteiger partial charge in [-0.1, -0.05) is 67.6 Å². The Morgan fingerprint density at radius 3 is 2.15 bits per heavy atom. The summed E-state index contributed by atoms with van der Waals surface area (Å²) < 4.78 is 28.5. The number of benzene rings is 2. The average Bonchev–Trinajstić information content (AvgIpc) is 3.17. The average molecular weight is 389 g/mol. The predicted octanol–water partition coefficient (Wildman–Crippen LogP) is 3.46. The summed E-state index contributed by atoms with van der Waals surface area (Å²) in [6.45, 7) is 1.93. The number of thiazole rings is 1. The van der Waals surface area contributed by atoms with E-state index in [-0.39, 0.29) is 4.21 Å². The van der Waals surface area contributed by atoms with Gasteiger partial charge in [-0.15, -0.1) is 11.3 Å². The molecule has 5 nitrogen and oxygen atoms in total. The van der Waals surface area contributed by atoms with E-state index in [4.69, 9.17) is 0 Å². The fraction of sp³-hybridized carbons (Fsp3) is 0.211. The number of aliphatic hydroxyl groups is 1. The van der Waals surface area contributed by atoms with Crippen LogP contribution in [0.4, 0.5) is 0 Å². The first-order valence-electron chi connectivity index (χ1n) is 8.26. The highest BCUT2D eigenvalue weighted by atomic mass is 32.2. The van der Waals surface area contributed by atoms with Crippen molar-refractivity contribution >= 4 is 21.4 Å². The smallest absolute Gasteiger partial charge is 0.252 e. The van der Waals surface area contributed by atoms with Crippen molar-refractivity contribution in [3.63, 3.8) is 0 Å². The molecule has 136 valence electrons. The van der Waals surface area contributed by atoms with Crippen LogP contribution in [0.15, 0.2) is 71.1 Å². The molecule has 0 amide bonds. The maximum absolute atomic E-state index is 12.8. The Hall–Kier alpha value is -2.06. The topological polar surface area (TPSA) is 79.3 Å². The van der Waals surface area contributed by atoms with Crippen LogP contribution in [0.3, 0.4) is 0 Å². The third kappa shape index (κ3) is 4.19. The second kappa shape index (κ2) is 8.09. The van der Waals surface area contributed by atoms with Crippen LogP contribution in [0.2, 0.25) is 0 Å². The Balaban J connectivity index is 1.96. The molecular weight excluding hydrogens is 368 g/mol. The first-order chi connectivity index (χ1) is 12.5. The lowest BCUT2D eigenvalue weighted by Crippen LogP contribution is -2.32. The number of sulfonamides is 1. The van der Waals surface area contributed by atoms with Crippen molar-refractivity contribution in [3.8, 4) is 0 Å². The molecule has 1 heterocycles. The third-order valence-corrected chi connectivity index (χ3v) is 7.04. The van der Waals surface area contributed by atoms with Crippen molar-refractivity contribution in [2.24, 2.45) is 0 Å². The SMILES string of the molecule is CCc1ncc(S(=O)(=O)N[C@@H](c2ccccc2)[C@H](O)c2ccccc2)s1. The van der Waals surface area contributed by atoms with Gasteiger partial charge in [-0.25, -0.2) is 13.4 Å². The summed E-state index contributed by atoms with van der Waals surface area (Å²) in [6, 6.07) is 17.3. The van der Waals surface area contributed by atoms with E-state index >= 15 is 0 Å². The summed E-state index contributed by atoms with van der Waals surface area (Å²) >= 11 is 1.14. The van der Waals surface area contributed by atoms with Gasteiger partial charge >= 0.3 is 0 Å². The van der Waals surface area contributed by atoms with Crippen LogP contribution in [0.1, 0.15) is 35.2 Å². The Morgan fingerprint density at radius 1 is 1.04 bits per heavy atom. The molecule has 26 heavy (non-hydrogen) atoms. The lowest BCUT2D eigenvalue weighted by Gasteiger charge is -2.24. The lowest BCUT2D eigenvalue weighted by atomic mass is 9.97. The second-order valence-corrected chi connectivity index (χ2v) is 8.85. The fourth-order valence-electron chi connectivity index (χ4n) is 2.62. The van der Waals surface area contributed by atoms with Gasteiger partial charge in [-0.2, -0.15) is 4.72 Å². The molecule has 0 bridgehead atoms. The molecule has 0 aliphatic rings. The summed E-state index contributed by atoms with van der Waals surface area (Å²) in [5, 5.41) is 11.6. The van der Waals surface area contributed by atoms with Crippen LogP contribution in [-0.4, -0.2) is 18.5 Å². The van der Waals surface area contributed by atoms with Crippen molar-refractivity contribution in [3.05, 3.63) is 83.0 Å². The van der Waals surface area contributed by atoms with Gasteiger partial charge in [-0.05, 0) is 17.5 Å². The molecule has 0 aliphatic carbocycles. The number of aryl methyl sites for hydroxylation is 1. The first kappa shape index (κ1) is 18.7. The van der Waals surface area contributed by atoms with Gasteiger partial charge in [0.25, 0.3) is 10.0 Å². The molecule has 7 heteroatoms. The second-order valence-electron chi connectivity index (χ2n) is 5.79. The molecular formula is C19H20N2O3S2. The highest BCUT2D eigenvalue weighted by molar-refractivity contribution is 7.91. The highest BCUT2D eigenvalue weighted by Crippen LogP contribution is 2.31. The van der Waals surface area contributed by atoms with E-state index in [9.17, 15) is 13.5 Å². The van der Waals surface area contributed by atoms with Gasteiger partial charge in [0, 0.05) is 0 Å². The Bertz CT molecular complexity index is 941. The zero-order valence-corrected chi connectivity index (χ0v) is 15.9. The summed E-state index contributed by atoms with van der Waals surface area (Å²) in [5.41, 5.74) is 1.33. The molecule has 0 spiro atoms. The van der Waals surface area contributed by atoms with Crippen LogP contribution in [-0.2, 0) is 16.4 Å². The lowest BCUT2D eigenvalue weighted by molar-refractivity contribution is 0.139. The number of nitrogens with one attached hydrogen (secondary N) is 1. The van der Waals surface area contributed by atoms with Crippen molar-refractivity contribution in [2.45, 2.75) is 29.7 Å². The number of nitrogens with zero attached hydrogens (tertiary/aromatic N) is 1. The Kier molecular flexibility index (Phi) is 5.83. The quantitative estimate of drug-likeness (QED) is 0.650. The normalized spacial score (nSPS) is 14.1. The van der Waals surface area contributed by atoms with Crippen LogP contribution < -0.4 is 4.72 Å². The number of aromatic nitrogens is 1. The molecule has 0 fully saturated rings. The van der Waals surface area contributed by atoms with E-state index in [2.05, 4.69) is 9.71 Å². The molecule has 0 aliphatic heterocycles. The van der Waals surface area contributed by atoms with Crippen LogP contribution in [0, 0.1) is 0 Å². The van der Waals surface area contributed by atoms with Crippen LogP contribution >= 0.6 is 11.3 Å². The molecule has 0 radical (unpaired) electrons. The van der Waals surface area contributed by atoms with E-state index in [1.165, 1.54) is 6.20 Å². The van der Waals surface area contributed by atoms with Crippen molar-refractivity contribution in [1.82, 2.24) is 9.71 Å². The van der Waals surface area contributed by atoms with Crippen LogP contribution in [0.25, 0.3) is 0 Å². The maximum atomic E-state index is 12.8. The molecule has 3 aromatic rings.